The third-order valence-electron chi connectivity index (χ3n) is 4.35. The maximum Gasteiger partial charge on any atom is 0.230 e. The summed E-state index contributed by atoms with van der Waals surface area (Å²) in [6.45, 7) is 2.22. The Hall–Kier alpha value is -0.510. The summed E-state index contributed by atoms with van der Waals surface area (Å²) in [5.74, 6) is 3.06. The topological polar surface area (TPSA) is 84.1 Å². The first-order chi connectivity index (χ1) is 11.2. The molecule has 0 atom stereocenters. The van der Waals surface area contributed by atoms with Gasteiger partial charge in [-0.2, -0.15) is 11.8 Å². The van der Waals surface area contributed by atoms with Crippen LogP contribution in [0, 0.1) is 0 Å². The number of amides is 1. The molecular formula is C14H23N5OS3. The zero-order valence-corrected chi connectivity index (χ0v) is 15.5. The quantitative estimate of drug-likeness (QED) is 0.760. The summed E-state index contributed by atoms with van der Waals surface area (Å²) in [7, 11) is 0. The first-order valence-corrected chi connectivity index (χ1v) is 11.0. The van der Waals surface area contributed by atoms with Crippen molar-refractivity contribution in [3.05, 3.63) is 0 Å². The Morgan fingerprint density at radius 3 is 2.65 bits per heavy atom. The smallest absolute Gasteiger partial charge is 0.230 e. The third kappa shape index (κ3) is 5.23. The van der Waals surface area contributed by atoms with Crippen LogP contribution in [0.25, 0.3) is 0 Å². The van der Waals surface area contributed by atoms with Crippen LogP contribution >= 0.6 is 34.9 Å². The highest BCUT2D eigenvalue weighted by Crippen LogP contribution is 2.25. The molecule has 23 heavy (non-hydrogen) atoms. The lowest BCUT2D eigenvalue weighted by Gasteiger charge is -2.39. The Morgan fingerprint density at radius 1 is 1.26 bits per heavy atom. The fraction of sp³-hybridized carbons (Fsp3) is 0.786. The van der Waals surface area contributed by atoms with Gasteiger partial charge >= 0.3 is 0 Å². The van der Waals surface area contributed by atoms with E-state index in [0.29, 0.717) is 16.9 Å². The van der Waals surface area contributed by atoms with Crippen molar-refractivity contribution in [2.75, 3.05) is 36.1 Å². The van der Waals surface area contributed by atoms with E-state index in [-0.39, 0.29) is 5.91 Å². The Balaban J connectivity index is 1.35. The molecule has 0 unspecified atom stereocenters. The van der Waals surface area contributed by atoms with Gasteiger partial charge in [0, 0.05) is 25.2 Å². The van der Waals surface area contributed by atoms with Crippen LogP contribution < -0.4 is 11.1 Å². The second kappa shape index (κ2) is 8.55. The van der Waals surface area contributed by atoms with Crippen molar-refractivity contribution in [3.63, 3.8) is 0 Å². The van der Waals surface area contributed by atoms with Crippen molar-refractivity contribution >= 4 is 45.9 Å². The van der Waals surface area contributed by atoms with Crippen molar-refractivity contribution < 1.29 is 4.79 Å². The molecule has 0 aromatic carbocycles. The number of hydrogen-bond acceptors (Lipinski definition) is 8. The molecule has 3 heterocycles. The number of carbonyl (C=O) groups excluding carboxylic acids is 1. The van der Waals surface area contributed by atoms with E-state index in [1.54, 1.807) is 0 Å². The molecule has 9 heteroatoms. The molecule has 2 aliphatic rings. The average Bonchev–Trinajstić information content (AvgIpc) is 3.00. The SMILES string of the molecule is Nc1nnc(SCC(=O)NC2CCN(C3CCSCC3)CC2)s1. The van der Waals surface area contributed by atoms with Crippen LogP contribution in [0.1, 0.15) is 25.7 Å². The number of anilines is 1. The van der Waals surface area contributed by atoms with E-state index in [4.69, 9.17) is 5.73 Å². The number of hydrogen-bond donors (Lipinski definition) is 2. The Bertz CT molecular complexity index is 512. The number of nitrogen functional groups attached to an aromatic ring is 1. The summed E-state index contributed by atoms with van der Waals surface area (Å²) in [6, 6.07) is 1.09. The molecule has 6 nitrogen and oxygen atoms in total. The van der Waals surface area contributed by atoms with Crippen molar-refractivity contribution in [2.45, 2.75) is 42.1 Å². The molecule has 2 aliphatic heterocycles. The lowest BCUT2D eigenvalue weighted by molar-refractivity contribution is -0.119. The van der Waals surface area contributed by atoms with Gasteiger partial charge < -0.3 is 16.0 Å². The number of nitrogens with one attached hydrogen (secondary N) is 1. The van der Waals surface area contributed by atoms with Crippen LogP contribution in [0.4, 0.5) is 5.13 Å². The molecule has 128 valence electrons. The number of aromatic nitrogens is 2. The molecule has 2 fully saturated rings. The van der Waals surface area contributed by atoms with Crippen molar-refractivity contribution in [2.24, 2.45) is 0 Å². The van der Waals surface area contributed by atoms with E-state index >= 15 is 0 Å². The first-order valence-electron chi connectivity index (χ1n) is 8.03. The van der Waals surface area contributed by atoms with E-state index in [9.17, 15) is 4.79 Å². The molecule has 1 aromatic rings. The van der Waals surface area contributed by atoms with Gasteiger partial charge in [-0.15, -0.1) is 10.2 Å². The Morgan fingerprint density at radius 2 is 2.00 bits per heavy atom. The fourth-order valence-corrected chi connectivity index (χ4v) is 5.66. The van der Waals surface area contributed by atoms with Crippen molar-refractivity contribution in [1.29, 1.82) is 0 Å². The number of thioether (sulfide) groups is 2. The van der Waals surface area contributed by atoms with E-state index < -0.39 is 0 Å². The molecule has 0 bridgehead atoms. The largest absolute Gasteiger partial charge is 0.374 e. The molecule has 3 rings (SSSR count). The molecule has 3 N–H and O–H groups in total. The zero-order chi connectivity index (χ0) is 16.1. The predicted octanol–water partition coefficient (Wildman–Crippen LogP) is 1.69. The second-order valence-corrected chi connectivity index (χ2v) is 9.37. The lowest BCUT2D eigenvalue weighted by atomic mass is 10.0. The van der Waals surface area contributed by atoms with Gasteiger partial charge in [0.15, 0.2) is 4.34 Å². The molecule has 0 saturated carbocycles. The van der Waals surface area contributed by atoms with Gasteiger partial charge in [-0.05, 0) is 37.2 Å². The number of nitrogens with zero attached hydrogens (tertiary/aromatic N) is 3. The van der Waals surface area contributed by atoms with Crippen LogP contribution in [-0.2, 0) is 4.79 Å². The summed E-state index contributed by atoms with van der Waals surface area (Å²) in [4.78, 5) is 14.7. The van der Waals surface area contributed by atoms with Crippen molar-refractivity contribution in [1.82, 2.24) is 20.4 Å². The standard InChI is InChI=1S/C14H23N5OS3/c15-13-17-18-14(23-13)22-9-12(20)16-10-1-5-19(6-2-10)11-3-7-21-8-4-11/h10-11H,1-9H2,(H2,15,17)(H,16,20). The molecular weight excluding hydrogens is 350 g/mol. The van der Waals surface area contributed by atoms with E-state index in [1.807, 2.05) is 0 Å². The van der Waals surface area contributed by atoms with Crippen LogP contribution in [-0.4, -0.2) is 63.4 Å². The second-order valence-electron chi connectivity index (χ2n) is 5.92. The maximum atomic E-state index is 12.1. The maximum absolute atomic E-state index is 12.1. The van der Waals surface area contributed by atoms with Gasteiger partial charge in [-0.1, -0.05) is 23.1 Å². The summed E-state index contributed by atoms with van der Waals surface area (Å²) < 4.78 is 0.752. The normalized spacial score (nSPS) is 21.4. The summed E-state index contributed by atoms with van der Waals surface area (Å²) in [5, 5.41) is 11.3. The van der Waals surface area contributed by atoms with Crippen LogP contribution in [0.2, 0.25) is 0 Å². The molecule has 2 saturated heterocycles. The number of piperidine rings is 1. The van der Waals surface area contributed by atoms with Crippen LogP contribution in [0.15, 0.2) is 4.34 Å². The Kier molecular flexibility index (Phi) is 6.44. The van der Waals surface area contributed by atoms with Crippen LogP contribution in [0.5, 0.6) is 0 Å². The van der Waals surface area contributed by atoms with E-state index in [0.717, 1.165) is 36.3 Å². The lowest BCUT2D eigenvalue weighted by Crippen LogP contribution is -2.49. The monoisotopic (exact) mass is 373 g/mol. The number of likely N-dealkylation sites (tertiary alicyclic amines) is 1. The van der Waals surface area contributed by atoms with Crippen molar-refractivity contribution in [3.8, 4) is 0 Å². The van der Waals surface area contributed by atoms with Gasteiger partial charge in [0.25, 0.3) is 0 Å². The molecule has 0 spiro atoms. The van der Waals surface area contributed by atoms with Gasteiger partial charge in [-0.3, -0.25) is 4.79 Å². The zero-order valence-electron chi connectivity index (χ0n) is 13.1. The summed E-state index contributed by atoms with van der Waals surface area (Å²) in [5.41, 5.74) is 5.53. The molecule has 1 aromatic heterocycles. The van der Waals surface area contributed by atoms with E-state index in [1.165, 1.54) is 47.4 Å². The molecule has 0 radical (unpaired) electrons. The minimum absolute atomic E-state index is 0.0799. The highest BCUT2D eigenvalue weighted by Gasteiger charge is 2.26. The number of carbonyl (C=O) groups is 1. The minimum Gasteiger partial charge on any atom is -0.374 e. The third-order valence-corrected chi connectivity index (χ3v) is 7.29. The van der Waals surface area contributed by atoms with Gasteiger partial charge in [0.1, 0.15) is 0 Å². The van der Waals surface area contributed by atoms with E-state index in [2.05, 4.69) is 32.2 Å². The fourth-order valence-electron chi connectivity index (χ4n) is 3.13. The number of nitrogens with two attached hydrogens (primary N) is 1. The van der Waals surface area contributed by atoms with Crippen LogP contribution in [0.3, 0.4) is 0 Å². The van der Waals surface area contributed by atoms with Gasteiger partial charge in [0.05, 0.1) is 5.75 Å². The summed E-state index contributed by atoms with van der Waals surface area (Å²) in [6.07, 6.45) is 4.77. The first kappa shape index (κ1) is 17.3. The average molecular weight is 374 g/mol. The summed E-state index contributed by atoms with van der Waals surface area (Å²) >= 11 is 4.80. The highest BCUT2D eigenvalue weighted by atomic mass is 32.2. The van der Waals surface area contributed by atoms with Gasteiger partial charge in [0.2, 0.25) is 11.0 Å². The number of rotatable bonds is 5. The highest BCUT2D eigenvalue weighted by molar-refractivity contribution is 8.01. The Labute approximate surface area is 149 Å². The molecule has 1 amide bonds. The predicted molar refractivity (Wildman–Crippen MR) is 98.1 cm³/mol. The molecule has 0 aliphatic carbocycles. The van der Waals surface area contributed by atoms with Gasteiger partial charge in [-0.25, -0.2) is 0 Å². The minimum atomic E-state index is 0.0799.